The molecule has 5 heteroatoms. The van der Waals surface area contributed by atoms with Gasteiger partial charge in [0.25, 0.3) is 0 Å². The molecule has 4 nitrogen and oxygen atoms in total. The Morgan fingerprint density at radius 3 is 2.67 bits per heavy atom. The number of benzene rings is 2. The number of hydrogen-bond donors (Lipinski definition) is 1. The van der Waals surface area contributed by atoms with Crippen molar-refractivity contribution in [3.8, 4) is 5.69 Å². The first kappa shape index (κ1) is 17.3. The lowest BCUT2D eigenvalue weighted by Crippen LogP contribution is -2.42. The highest BCUT2D eigenvalue weighted by atomic mass is 19.1. The van der Waals surface area contributed by atoms with Crippen LogP contribution >= 0.6 is 0 Å². The number of nitrogens with zero attached hydrogens (tertiary/aromatic N) is 2. The topological polar surface area (TPSA) is 37.3 Å². The van der Waals surface area contributed by atoms with Crippen molar-refractivity contribution in [3.05, 3.63) is 89.5 Å². The van der Waals surface area contributed by atoms with E-state index in [0.717, 1.165) is 28.9 Å². The van der Waals surface area contributed by atoms with Crippen LogP contribution in [-0.4, -0.2) is 22.0 Å². The Labute approximate surface area is 158 Å². The molecule has 2 heterocycles. The van der Waals surface area contributed by atoms with E-state index >= 15 is 0 Å². The molecular formula is C22H22FN3O. The number of rotatable bonds is 3. The fourth-order valence-corrected chi connectivity index (χ4v) is 3.67. The maximum atomic E-state index is 13.5. The first-order chi connectivity index (χ1) is 13.2. The predicted molar refractivity (Wildman–Crippen MR) is 103 cm³/mol. The Bertz CT molecular complexity index is 948. The molecular weight excluding hydrogens is 341 g/mol. The van der Waals surface area contributed by atoms with Crippen molar-refractivity contribution >= 4 is 6.03 Å². The molecule has 0 bridgehead atoms. The van der Waals surface area contributed by atoms with Crippen molar-refractivity contribution < 1.29 is 9.18 Å². The Kier molecular flexibility index (Phi) is 4.67. The van der Waals surface area contributed by atoms with Crippen LogP contribution in [0.15, 0.2) is 66.9 Å². The molecule has 1 atom stereocenters. The minimum Gasteiger partial charge on any atom is -0.338 e. The number of para-hydroxylation sites is 1. The quantitative estimate of drug-likeness (QED) is 0.723. The number of halogens is 1. The van der Waals surface area contributed by atoms with Gasteiger partial charge in [-0.1, -0.05) is 37.3 Å². The van der Waals surface area contributed by atoms with Crippen LogP contribution in [0, 0.1) is 5.82 Å². The second-order valence-electron chi connectivity index (χ2n) is 6.75. The SMILES string of the molecule is CCCNC(=O)N1Cc2ccccc2-n2cccc2[C@H]1c1ccc(F)cc1. The maximum absolute atomic E-state index is 13.5. The molecule has 27 heavy (non-hydrogen) atoms. The lowest BCUT2D eigenvalue weighted by atomic mass is 10.0. The summed E-state index contributed by atoms with van der Waals surface area (Å²) in [5.41, 5.74) is 4.01. The fourth-order valence-electron chi connectivity index (χ4n) is 3.67. The first-order valence-corrected chi connectivity index (χ1v) is 9.24. The zero-order valence-electron chi connectivity index (χ0n) is 15.2. The molecule has 0 spiro atoms. The summed E-state index contributed by atoms with van der Waals surface area (Å²) in [6.07, 6.45) is 2.88. The van der Waals surface area contributed by atoms with E-state index in [0.29, 0.717) is 13.1 Å². The number of aromatic nitrogens is 1. The summed E-state index contributed by atoms with van der Waals surface area (Å²) in [4.78, 5) is 14.9. The number of amides is 2. The third kappa shape index (κ3) is 3.21. The summed E-state index contributed by atoms with van der Waals surface area (Å²) in [5.74, 6) is -0.284. The lowest BCUT2D eigenvalue weighted by molar-refractivity contribution is 0.180. The number of hydrogen-bond acceptors (Lipinski definition) is 1. The van der Waals surface area contributed by atoms with E-state index in [9.17, 15) is 9.18 Å². The van der Waals surface area contributed by atoms with Crippen molar-refractivity contribution in [2.75, 3.05) is 6.54 Å². The zero-order chi connectivity index (χ0) is 18.8. The van der Waals surface area contributed by atoms with E-state index in [1.807, 2.05) is 48.4 Å². The van der Waals surface area contributed by atoms with Crippen molar-refractivity contribution in [1.82, 2.24) is 14.8 Å². The number of urea groups is 1. The normalized spacial score (nSPS) is 15.6. The summed E-state index contributed by atoms with van der Waals surface area (Å²) in [6, 6.07) is 18.1. The molecule has 0 saturated heterocycles. The van der Waals surface area contributed by atoms with Gasteiger partial charge in [0.05, 0.1) is 18.3 Å². The smallest absolute Gasteiger partial charge is 0.318 e. The maximum Gasteiger partial charge on any atom is 0.318 e. The molecule has 138 valence electrons. The summed E-state index contributed by atoms with van der Waals surface area (Å²) in [7, 11) is 0. The van der Waals surface area contributed by atoms with Gasteiger partial charge in [0.1, 0.15) is 5.82 Å². The fraction of sp³-hybridized carbons (Fsp3) is 0.227. The largest absolute Gasteiger partial charge is 0.338 e. The van der Waals surface area contributed by atoms with Crippen LogP contribution in [0.3, 0.4) is 0 Å². The van der Waals surface area contributed by atoms with Crippen LogP contribution in [0.2, 0.25) is 0 Å². The Balaban J connectivity index is 1.87. The van der Waals surface area contributed by atoms with E-state index in [2.05, 4.69) is 16.0 Å². The van der Waals surface area contributed by atoms with Crippen LogP contribution in [0.1, 0.15) is 36.2 Å². The second kappa shape index (κ2) is 7.27. The highest BCUT2D eigenvalue weighted by molar-refractivity contribution is 5.76. The molecule has 0 fully saturated rings. The van der Waals surface area contributed by atoms with Crippen LogP contribution in [0.5, 0.6) is 0 Å². The molecule has 2 aromatic carbocycles. The van der Waals surface area contributed by atoms with E-state index in [1.165, 1.54) is 12.1 Å². The molecule has 1 N–H and O–H groups in total. The summed E-state index contributed by atoms with van der Waals surface area (Å²) < 4.78 is 15.6. The lowest BCUT2D eigenvalue weighted by Gasteiger charge is -2.31. The van der Waals surface area contributed by atoms with E-state index < -0.39 is 0 Å². The van der Waals surface area contributed by atoms with Gasteiger partial charge in [-0.25, -0.2) is 9.18 Å². The molecule has 2 amide bonds. The second-order valence-corrected chi connectivity index (χ2v) is 6.75. The third-order valence-electron chi connectivity index (χ3n) is 4.94. The molecule has 1 aliphatic heterocycles. The third-order valence-corrected chi connectivity index (χ3v) is 4.94. The van der Waals surface area contributed by atoms with Gasteiger partial charge in [-0.15, -0.1) is 0 Å². The number of fused-ring (bicyclic) bond motifs is 3. The van der Waals surface area contributed by atoms with E-state index in [4.69, 9.17) is 0 Å². The Hall–Kier alpha value is -3.08. The average molecular weight is 363 g/mol. The molecule has 0 saturated carbocycles. The van der Waals surface area contributed by atoms with Crippen molar-refractivity contribution in [2.24, 2.45) is 0 Å². The van der Waals surface area contributed by atoms with Gasteiger partial charge >= 0.3 is 6.03 Å². The molecule has 0 unspecified atom stereocenters. The van der Waals surface area contributed by atoms with Crippen molar-refractivity contribution in [2.45, 2.75) is 25.9 Å². The minimum atomic E-state index is -0.301. The standard InChI is InChI=1S/C22H22FN3O/c1-2-13-24-22(27)26-15-17-6-3-4-7-19(17)25-14-5-8-20(25)21(26)16-9-11-18(23)12-10-16/h3-12,14,21H,2,13,15H2,1H3,(H,24,27)/t21-/m1/s1. The first-order valence-electron chi connectivity index (χ1n) is 9.24. The van der Waals surface area contributed by atoms with Gasteiger partial charge in [-0.2, -0.15) is 0 Å². The van der Waals surface area contributed by atoms with Gasteiger partial charge in [0, 0.05) is 18.4 Å². The Morgan fingerprint density at radius 2 is 1.89 bits per heavy atom. The molecule has 3 aromatic rings. The van der Waals surface area contributed by atoms with Crippen LogP contribution < -0.4 is 5.32 Å². The van der Waals surface area contributed by atoms with Gasteiger partial charge < -0.3 is 14.8 Å². The predicted octanol–water partition coefficient (Wildman–Crippen LogP) is 4.64. The van der Waals surface area contributed by atoms with Crippen molar-refractivity contribution in [1.29, 1.82) is 0 Å². The molecule has 4 rings (SSSR count). The molecule has 0 radical (unpaired) electrons. The number of nitrogens with one attached hydrogen (secondary N) is 1. The highest BCUT2D eigenvalue weighted by Gasteiger charge is 2.32. The zero-order valence-corrected chi connectivity index (χ0v) is 15.2. The van der Waals surface area contributed by atoms with E-state index in [-0.39, 0.29) is 17.9 Å². The Morgan fingerprint density at radius 1 is 1.11 bits per heavy atom. The van der Waals surface area contributed by atoms with Gasteiger partial charge in [-0.3, -0.25) is 0 Å². The van der Waals surface area contributed by atoms with Gasteiger partial charge in [0.2, 0.25) is 0 Å². The van der Waals surface area contributed by atoms with Gasteiger partial charge in [0.15, 0.2) is 0 Å². The summed E-state index contributed by atoms with van der Waals surface area (Å²) >= 11 is 0. The monoisotopic (exact) mass is 363 g/mol. The minimum absolute atomic E-state index is 0.115. The summed E-state index contributed by atoms with van der Waals surface area (Å²) in [6.45, 7) is 3.13. The highest BCUT2D eigenvalue weighted by Crippen LogP contribution is 2.36. The molecule has 1 aromatic heterocycles. The van der Waals surface area contributed by atoms with Crippen LogP contribution in [-0.2, 0) is 6.54 Å². The van der Waals surface area contributed by atoms with E-state index in [1.54, 1.807) is 12.1 Å². The number of carbonyl (C=O) groups excluding carboxylic acids is 1. The molecule has 1 aliphatic rings. The summed E-state index contributed by atoms with van der Waals surface area (Å²) in [5, 5.41) is 3.00. The average Bonchev–Trinajstić information content (AvgIpc) is 3.11. The van der Waals surface area contributed by atoms with Gasteiger partial charge in [-0.05, 0) is 47.9 Å². The molecule has 0 aliphatic carbocycles. The van der Waals surface area contributed by atoms with Crippen LogP contribution in [0.25, 0.3) is 5.69 Å². The van der Waals surface area contributed by atoms with Crippen LogP contribution in [0.4, 0.5) is 9.18 Å². The number of carbonyl (C=O) groups is 1. The van der Waals surface area contributed by atoms with Crippen molar-refractivity contribution in [3.63, 3.8) is 0 Å².